The van der Waals surface area contributed by atoms with Gasteiger partial charge in [0.1, 0.15) is 5.15 Å². The van der Waals surface area contributed by atoms with E-state index in [9.17, 15) is 0 Å². The standard InChI is InChI=1S/C13H19ClN4/c14-13-8-15-11(7-16-13)9-17-6-3-12(10-17)18-4-1-2-5-18/h7-8,12H,1-6,9-10H2. The van der Waals surface area contributed by atoms with Gasteiger partial charge in [-0.1, -0.05) is 11.6 Å². The lowest BCUT2D eigenvalue weighted by atomic mass is 10.2. The van der Waals surface area contributed by atoms with Gasteiger partial charge in [-0.25, -0.2) is 4.98 Å². The lowest BCUT2D eigenvalue weighted by molar-refractivity contribution is 0.229. The van der Waals surface area contributed by atoms with Crippen molar-refractivity contribution in [3.8, 4) is 0 Å². The molecule has 3 heterocycles. The fourth-order valence-corrected chi connectivity index (χ4v) is 3.11. The Hall–Kier alpha value is -0.710. The van der Waals surface area contributed by atoms with Crippen molar-refractivity contribution in [1.29, 1.82) is 0 Å². The van der Waals surface area contributed by atoms with Gasteiger partial charge >= 0.3 is 0 Å². The minimum atomic E-state index is 0.468. The molecule has 4 nitrogen and oxygen atoms in total. The largest absolute Gasteiger partial charge is 0.299 e. The van der Waals surface area contributed by atoms with Gasteiger partial charge < -0.3 is 0 Å². The zero-order chi connectivity index (χ0) is 12.4. The first-order valence-electron chi connectivity index (χ1n) is 6.74. The van der Waals surface area contributed by atoms with Crippen LogP contribution in [0.5, 0.6) is 0 Å². The fourth-order valence-electron chi connectivity index (χ4n) is 3.01. The van der Waals surface area contributed by atoms with Crippen molar-refractivity contribution in [2.24, 2.45) is 0 Å². The zero-order valence-electron chi connectivity index (χ0n) is 10.6. The lowest BCUT2D eigenvalue weighted by Gasteiger charge is -2.23. The molecule has 0 spiro atoms. The van der Waals surface area contributed by atoms with Crippen LogP contribution in [0.4, 0.5) is 0 Å². The van der Waals surface area contributed by atoms with Gasteiger partial charge in [0.15, 0.2) is 0 Å². The molecule has 0 bridgehead atoms. The van der Waals surface area contributed by atoms with E-state index >= 15 is 0 Å². The molecule has 3 rings (SSSR count). The first-order valence-corrected chi connectivity index (χ1v) is 7.12. The van der Waals surface area contributed by atoms with Crippen LogP contribution in [0.3, 0.4) is 0 Å². The first kappa shape index (κ1) is 12.3. The second-order valence-electron chi connectivity index (χ2n) is 5.25. The van der Waals surface area contributed by atoms with Gasteiger partial charge in [0.25, 0.3) is 0 Å². The van der Waals surface area contributed by atoms with Gasteiger partial charge in [-0.15, -0.1) is 0 Å². The topological polar surface area (TPSA) is 32.3 Å². The van der Waals surface area contributed by atoms with Gasteiger partial charge in [-0.05, 0) is 32.4 Å². The van der Waals surface area contributed by atoms with E-state index in [-0.39, 0.29) is 0 Å². The molecule has 1 unspecified atom stereocenters. The number of hydrogen-bond donors (Lipinski definition) is 0. The lowest BCUT2D eigenvalue weighted by Crippen LogP contribution is -2.35. The van der Waals surface area contributed by atoms with Crippen molar-refractivity contribution in [2.75, 3.05) is 26.2 Å². The van der Waals surface area contributed by atoms with Crippen LogP contribution in [0.2, 0.25) is 5.15 Å². The Bertz CT molecular complexity index is 388. The molecule has 1 atom stereocenters. The van der Waals surface area contributed by atoms with E-state index in [0.717, 1.165) is 18.3 Å². The first-order chi connectivity index (χ1) is 8.81. The van der Waals surface area contributed by atoms with Crippen molar-refractivity contribution in [1.82, 2.24) is 19.8 Å². The number of halogens is 1. The van der Waals surface area contributed by atoms with Crippen molar-refractivity contribution >= 4 is 11.6 Å². The van der Waals surface area contributed by atoms with E-state index in [4.69, 9.17) is 11.6 Å². The van der Waals surface area contributed by atoms with E-state index in [1.807, 2.05) is 0 Å². The van der Waals surface area contributed by atoms with Crippen LogP contribution < -0.4 is 0 Å². The molecule has 2 aliphatic rings. The molecule has 0 radical (unpaired) electrons. The highest BCUT2D eigenvalue weighted by molar-refractivity contribution is 6.29. The highest BCUT2D eigenvalue weighted by atomic mass is 35.5. The van der Waals surface area contributed by atoms with Crippen molar-refractivity contribution in [3.63, 3.8) is 0 Å². The van der Waals surface area contributed by atoms with Crippen molar-refractivity contribution < 1.29 is 0 Å². The molecule has 1 aromatic heterocycles. The average molecular weight is 267 g/mol. The number of hydrogen-bond acceptors (Lipinski definition) is 4. The van der Waals surface area contributed by atoms with Crippen LogP contribution in [-0.2, 0) is 6.54 Å². The molecule has 2 saturated heterocycles. The second-order valence-corrected chi connectivity index (χ2v) is 5.64. The van der Waals surface area contributed by atoms with E-state index in [1.54, 1.807) is 12.4 Å². The van der Waals surface area contributed by atoms with Gasteiger partial charge in [-0.3, -0.25) is 14.8 Å². The smallest absolute Gasteiger partial charge is 0.147 e. The highest BCUT2D eigenvalue weighted by Crippen LogP contribution is 2.21. The summed E-state index contributed by atoms with van der Waals surface area (Å²) >= 11 is 5.74. The summed E-state index contributed by atoms with van der Waals surface area (Å²) in [6, 6.07) is 0.757. The molecule has 2 aliphatic heterocycles. The molecule has 0 aromatic carbocycles. The number of rotatable bonds is 3. The molecule has 1 aromatic rings. The van der Waals surface area contributed by atoms with Crippen molar-refractivity contribution in [3.05, 3.63) is 23.2 Å². The average Bonchev–Trinajstić information content (AvgIpc) is 3.02. The van der Waals surface area contributed by atoms with Crippen molar-refractivity contribution in [2.45, 2.75) is 31.8 Å². The van der Waals surface area contributed by atoms with Gasteiger partial charge in [-0.2, -0.15) is 0 Å². The molecule has 98 valence electrons. The highest BCUT2D eigenvalue weighted by Gasteiger charge is 2.29. The Kier molecular flexibility index (Phi) is 3.77. The SMILES string of the molecule is Clc1cnc(CN2CCC(N3CCCC3)C2)cn1. The molecule has 0 saturated carbocycles. The van der Waals surface area contributed by atoms with Crippen LogP contribution >= 0.6 is 11.6 Å². The Balaban J connectivity index is 1.54. The minimum absolute atomic E-state index is 0.468. The molecule has 2 fully saturated rings. The number of aromatic nitrogens is 2. The van der Waals surface area contributed by atoms with Crippen LogP contribution in [0.15, 0.2) is 12.4 Å². The number of likely N-dealkylation sites (tertiary alicyclic amines) is 2. The summed E-state index contributed by atoms with van der Waals surface area (Å²) < 4.78 is 0. The molecule has 0 N–H and O–H groups in total. The third-order valence-corrected chi connectivity index (χ3v) is 4.16. The van der Waals surface area contributed by atoms with Gasteiger partial charge in [0.05, 0.1) is 18.1 Å². The second kappa shape index (κ2) is 5.51. The third kappa shape index (κ3) is 2.82. The Labute approximate surface area is 113 Å². The maximum Gasteiger partial charge on any atom is 0.147 e. The predicted molar refractivity (Wildman–Crippen MR) is 71.5 cm³/mol. The summed E-state index contributed by atoms with van der Waals surface area (Å²) in [6.45, 7) is 5.82. The molecular weight excluding hydrogens is 248 g/mol. The summed E-state index contributed by atoms with van der Waals surface area (Å²) in [6.07, 6.45) is 7.45. The van der Waals surface area contributed by atoms with Crippen LogP contribution in [0.25, 0.3) is 0 Å². The number of nitrogens with zero attached hydrogens (tertiary/aromatic N) is 4. The molecule has 5 heteroatoms. The van der Waals surface area contributed by atoms with Crippen LogP contribution in [-0.4, -0.2) is 52.0 Å². The maximum atomic E-state index is 5.74. The van der Waals surface area contributed by atoms with E-state index < -0.39 is 0 Å². The Morgan fingerprint density at radius 3 is 2.72 bits per heavy atom. The fraction of sp³-hybridized carbons (Fsp3) is 0.692. The molecule has 0 amide bonds. The van der Waals surface area contributed by atoms with E-state index in [1.165, 1.54) is 45.4 Å². The zero-order valence-corrected chi connectivity index (χ0v) is 11.3. The van der Waals surface area contributed by atoms with Gasteiger partial charge in [0.2, 0.25) is 0 Å². The van der Waals surface area contributed by atoms with E-state index in [0.29, 0.717) is 5.15 Å². The summed E-state index contributed by atoms with van der Waals surface area (Å²) in [5, 5.41) is 0.468. The third-order valence-electron chi connectivity index (χ3n) is 3.96. The molecule has 0 aliphatic carbocycles. The predicted octanol–water partition coefficient (Wildman–Crippen LogP) is 1.80. The minimum Gasteiger partial charge on any atom is -0.299 e. The molecular formula is C13H19ClN4. The summed E-state index contributed by atoms with van der Waals surface area (Å²) in [7, 11) is 0. The van der Waals surface area contributed by atoms with Crippen LogP contribution in [0, 0.1) is 0 Å². The molecule has 18 heavy (non-hydrogen) atoms. The van der Waals surface area contributed by atoms with Gasteiger partial charge in [0, 0.05) is 25.7 Å². The quantitative estimate of drug-likeness (QED) is 0.835. The summed E-state index contributed by atoms with van der Waals surface area (Å²) in [4.78, 5) is 13.5. The van der Waals surface area contributed by atoms with E-state index in [2.05, 4.69) is 19.8 Å². The monoisotopic (exact) mass is 266 g/mol. The summed E-state index contributed by atoms with van der Waals surface area (Å²) in [5.41, 5.74) is 1.02. The van der Waals surface area contributed by atoms with Crippen LogP contribution in [0.1, 0.15) is 25.0 Å². The Morgan fingerprint density at radius 1 is 1.17 bits per heavy atom. The normalized spacial score (nSPS) is 25.9. The Morgan fingerprint density at radius 2 is 2.00 bits per heavy atom. The summed E-state index contributed by atoms with van der Waals surface area (Å²) in [5.74, 6) is 0. The maximum absolute atomic E-state index is 5.74.